The predicted molar refractivity (Wildman–Crippen MR) is 114 cm³/mol. The molecule has 1 aromatic carbocycles. The van der Waals surface area contributed by atoms with Gasteiger partial charge in [-0.05, 0) is 49.8 Å². The Bertz CT molecular complexity index is 723. The van der Waals surface area contributed by atoms with E-state index >= 15 is 0 Å². The molecule has 1 unspecified atom stereocenters. The van der Waals surface area contributed by atoms with Crippen molar-refractivity contribution in [3.8, 4) is 5.75 Å². The van der Waals surface area contributed by atoms with Crippen LogP contribution in [0.15, 0.2) is 24.3 Å². The number of piperidine rings is 1. The zero-order valence-electron chi connectivity index (χ0n) is 18.5. The third-order valence-electron chi connectivity index (χ3n) is 6.51. The van der Waals surface area contributed by atoms with Crippen molar-refractivity contribution in [1.29, 1.82) is 0 Å². The van der Waals surface area contributed by atoms with Crippen LogP contribution < -0.4 is 4.74 Å². The number of imide groups is 1. The highest BCUT2D eigenvalue weighted by molar-refractivity contribution is 6.07. The fourth-order valence-corrected chi connectivity index (χ4v) is 4.53. The summed E-state index contributed by atoms with van der Waals surface area (Å²) in [4.78, 5) is 32.7. The number of ether oxygens (including phenoxy) is 1. The zero-order chi connectivity index (χ0) is 21.2. The minimum absolute atomic E-state index is 0.0252. The maximum atomic E-state index is 13.6. The van der Waals surface area contributed by atoms with Crippen molar-refractivity contribution in [2.45, 2.75) is 65.1 Å². The molecule has 0 saturated carbocycles. The Balaban J connectivity index is 1.83. The first-order valence-corrected chi connectivity index (χ1v) is 10.8. The normalized spacial score (nSPS) is 20.8. The molecule has 0 aliphatic carbocycles. The molecule has 2 heterocycles. The summed E-state index contributed by atoms with van der Waals surface area (Å²) >= 11 is 0. The number of rotatable bonds is 7. The molecule has 1 spiro atoms. The number of benzene rings is 1. The predicted octanol–water partition coefficient (Wildman–Crippen LogP) is 3.75. The Hall–Kier alpha value is -2.08. The maximum Gasteiger partial charge on any atom is 0.327 e. The Morgan fingerprint density at radius 3 is 2.21 bits per heavy atom. The molecule has 0 radical (unpaired) electrons. The van der Waals surface area contributed by atoms with Crippen molar-refractivity contribution in [1.82, 2.24) is 14.7 Å². The number of nitrogens with zero attached hydrogens (tertiary/aromatic N) is 3. The molecule has 29 heavy (non-hydrogen) atoms. The molecule has 2 aliphatic rings. The van der Waals surface area contributed by atoms with E-state index in [1.807, 2.05) is 29.2 Å². The van der Waals surface area contributed by atoms with Crippen LogP contribution in [0.25, 0.3) is 0 Å². The summed E-state index contributed by atoms with van der Waals surface area (Å²) in [6.45, 7) is 11.3. The third kappa shape index (κ3) is 4.13. The molecular weight excluding hydrogens is 366 g/mol. The van der Waals surface area contributed by atoms with Crippen LogP contribution in [0.4, 0.5) is 4.79 Å². The lowest BCUT2D eigenvalue weighted by Crippen LogP contribution is -2.58. The number of carbonyl (C=O) groups is 2. The van der Waals surface area contributed by atoms with Gasteiger partial charge in [0, 0.05) is 25.7 Å². The number of hydrogen-bond donors (Lipinski definition) is 0. The smallest absolute Gasteiger partial charge is 0.327 e. The Kier molecular flexibility index (Phi) is 6.52. The molecule has 1 atom stereocenters. The SMILES string of the molecule is CCC(C)N1CCC2(CC1)C(=O)N(Cc1ccc(OC)cc1)C(=O)N2CC(C)C. The van der Waals surface area contributed by atoms with Gasteiger partial charge in [-0.2, -0.15) is 0 Å². The zero-order valence-corrected chi connectivity index (χ0v) is 18.5. The van der Waals surface area contributed by atoms with Crippen LogP contribution >= 0.6 is 0 Å². The van der Waals surface area contributed by atoms with Gasteiger partial charge in [-0.15, -0.1) is 0 Å². The second-order valence-corrected chi connectivity index (χ2v) is 8.85. The van der Waals surface area contributed by atoms with E-state index in [0.717, 1.165) is 30.8 Å². The van der Waals surface area contributed by atoms with Gasteiger partial charge in [-0.25, -0.2) is 4.79 Å². The second kappa shape index (κ2) is 8.74. The van der Waals surface area contributed by atoms with Gasteiger partial charge in [0.15, 0.2) is 0 Å². The summed E-state index contributed by atoms with van der Waals surface area (Å²) in [5.41, 5.74) is 0.253. The summed E-state index contributed by atoms with van der Waals surface area (Å²) in [7, 11) is 1.63. The number of hydrogen-bond acceptors (Lipinski definition) is 4. The third-order valence-corrected chi connectivity index (χ3v) is 6.51. The molecule has 0 aromatic heterocycles. The molecule has 0 bridgehead atoms. The van der Waals surface area contributed by atoms with Crippen LogP contribution in [0.2, 0.25) is 0 Å². The standard InChI is InChI=1S/C23H35N3O3/c1-6-18(4)24-13-11-23(12-14-24)21(27)25(22(28)26(23)15-17(2)3)16-19-7-9-20(29-5)10-8-19/h7-10,17-18H,6,11-16H2,1-5H3. The Labute approximate surface area is 174 Å². The highest BCUT2D eigenvalue weighted by Crippen LogP contribution is 2.39. The van der Waals surface area contributed by atoms with E-state index in [0.29, 0.717) is 37.9 Å². The lowest BCUT2D eigenvalue weighted by atomic mass is 9.84. The van der Waals surface area contributed by atoms with E-state index in [2.05, 4.69) is 32.6 Å². The van der Waals surface area contributed by atoms with Crippen LogP contribution in [0.3, 0.4) is 0 Å². The van der Waals surface area contributed by atoms with Crippen molar-refractivity contribution >= 4 is 11.9 Å². The summed E-state index contributed by atoms with van der Waals surface area (Å²) in [6.07, 6.45) is 2.53. The molecule has 2 aliphatic heterocycles. The van der Waals surface area contributed by atoms with E-state index in [4.69, 9.17) is 4.74 Å². The van der Waals surface area contributed by atoms with Crippen molar-refractivity contribution in [3.63, 3.8) is 0 Å². The van der Waals surface area contributed by atoms with E-state index in [1.54, 1.807) is 7.11 Å². The largest absolute Gasteiger partial charge is 0.497 e. The van der Waals surface area contributed by atoms with Crippen LogP contribution in [-0.2, 0) is 11.3 Å². The fraction of sp³-hybridized carbons (Fsp3) is 0.652. The fourth-order valence-electron chi connectivity index (χ4n) is 4.53. The lowest BCUT2D eigenvalue weighted by Gasteiger charge is -2.44. The van der Waals surface area contributed by atoms with E-state index < -0.39 is 5.54 Å². The number of amides is 3. The quantitative estimate of drug-likeness (QED) is 0.653. The number of methoxy groups -OCH3 is 1. The van der Waals surface area contributed by atoms with Gasteiger partial charge in [0.1, 0.15) is 11.3 Å². The number of carbonyl (C=O) groups excluding carboxylic acids is 2. The number of urea groups is 1. The average Bonchev–Trinajstić information content (AvgIpc) is 2.90. The van der Waals surface area contributed by atoms with Crippen molar-refractivity contribution in [2.75, 3.05) is 26.7 Å². The Morgan fingerprint density at radius 2 is 1.69 bits per heavy atom. The van der Waals surface area contributed by atoms with Crippen molar-refractivity contribution < 1.29 is 14.3 Å². The first kappa shape index (κ1) is 21.6. The van der Waals surface area contributed by atoms with Crippen LogP contribution in [0.5, 0.6) is 5.75 Å². The topological polar surface area (TPSA) is 53.1 Å². The molecule has 6 nitrogen and oxygen atoms in total. The summed E-state index contributed by atoms with van der Waals surface area (Å²) < 4.78 is 5.21. The summed E-state index contributed by atoms with van der Waals surface area (Å²) in [6, 6.07) is 7.94. The van der Waals surface area contributed by atoms with Gasteiger partial charge >= 0.3 is 6.03 Å². The summed E-state index contributed by atoms with van der Waals surface area (Å²) in [5, 5.41) is 0. The highest BCUT2D eigenvalue weighted by Gasteiger charge is 2.57. The van der Waals surface area contributed by atoms with Crippen molar-refractivity contribution in [2.24, 2.45) is 5.92 Å². The van der Waals surface area contributed by atoms with Gasteiger partial charge in [-0.3, -0.25) is 9.69 Å². The Morgan fingerprint density at radius 1 is 1.07 bits per heavy atom. The molecule has 2 fully saturated rings. The molecule has 2 saturated heterocycles. The van der Waals surface area contributed by atoms with Crippen LogP contribution in [0.1, 0.15) is 52.5 Å². The lowest BCUT2D eigenvalue weighted by molar-refractivity contribution is -0.136. The van der Waals surface area contributed by atoms with Gasteiger partial charge < -0.3 is 14.5 Å². The summed E-state index contributed by atoms with van der Waals surface area (Å²) in [5.74, 6) is 1.06. The monoisotopic (exact) mass is 401 g/mol. The van der Waals surface area contributed by atoms with Gasteiger partial charge in [-0.1, -0.05) is 32.9 Å². The molecule has 1 aromatic rings. The van der Waals surface area contributed by atoms with E-state index in [1.165, 1.54) is 4.90 Å². The maximum absolute atomic E-state index is 13.6. The molecule has 0 N–H and O–H groups in total. The van der Waals surface area contributed by atoms with Gasteiger partial charge in [0.2, 0.25) is 0 Å². The van der Waals surface area contributed by atoms with E-state index in [-0.39, 0.29) is 11.9 Å². The minimum Gasteiger partial charge on any atom is -0.497 e. The molecule has 6 heteroatoms. The number of likely N-dealkylation sites (tertiary alicyclic amines) is 1. The first-order valence-electron chi connectivity index (χ1n) is 10.8. The van der Waals surface area contributed by atoms with Gasteiger partial charge in [0.05, 0.1) is 13.7 Å². The molecular formula is C23H35N3O3. The minimum atomic E-state index is -0.683. The van der Waals surface area contributed by atoms with Crippen LogP contribution in [0, 0.1) is 5.92 Å². The van der Waals surface area contributed by atoms with E-state index in [9.17, 15) is 9.59 Å². The molecule has 3 amide bonds. The first-order chi connectivity index (χ1) is 13.8. The van der Waals surface area contributed by atoms with Gasteiger partial charge in [0.25, 0.3) is 5.91 Å². The average molecular weight is 402 g/mol. The second-order valence-electron chi connectivity index (χ2n) is 8.85. The van der Waals surface area contributed by atoms with Crippen molar-refractivity contribution in [3.05, 3.63) is 29.8 Å². The highest BCUT2D eigenvalue weighted by atomic mass is 16.5. The van der Waals surface area contributed by atoms with Crippen LogP contribution in [-0.4, -0.2) is 65.0 Å². The molecule has 160 valence electrons. The molecule has 3 rings (SSSR count).